The fourth-order valence-electron chi connectivity index (χ4n) is 3.12. The van der Waals surface area contributed by atoms with Crippen molar-refractivity contribution in [3.05, 3.63) is 83.9 Å². The average molecular weight is 461 g/mol. The molecule has 0 atom stereocenters. The number of para-hydroxylation sites is 1. The minimum absolute atomic E-state index is 0.0546. The number of nitrogens with one attached hydrogen (secondary N) is 2. The molecule has 0 aliphatic rings. The summed E-state index contributed by atoms with van der Waals surface area (Å²) in [6.45, 7) is 3.48. The number of aryl methyl sites for hydroxylation is 2. The van der Waals surface area contributed by atoms with Gasteiger partial charge in [0.1, 0.15) is 11.5 Å². The minimum atomic E-state index is -0.527. The SMILES string of the molecule is Cc1ccc(C)c(NC(=O)CCCC(=O)OCC(=O)Nc2ccc(Oc3ccccc3)cc2)c1. The van der Waals surface area contributed by atoms with Gasteiger partial charge in [0.05, 0.1) is 0 Å². The van der Waals surface area contributed by atoms with Gasteiger partial charge in [-0.2, -0.15) is 0 Å². The molecule has 0 aliphatic heterocycles. The van der Waals surface area contributed by atoms with Crippen molar-refractivity contribution < 1.29 is 23.9 Å². The number of carbonyl (C=O) groups excluding carboxylic acids is 3. The van der Waals surface area contributed by atoms with Gasteiger partial charge in [0.25, 0.3) is 5.91 Å². The summed E-state index contributed by atoms with van der Waals surface area (Å²) < 4.78 is 10.7. The Morgan fingerprint density at radius 1 is 0.765 bits per heavy atom. The third kappa shape index (κ3) is 8.09. The molecule has 0 saturated carbocycles. The number of esters is 1. The molecular weight excluding hydrogens is 432 g/mol. The van der Waals surface area contributed by atoms with Crippen molar-refractivity contribution in [3.63, 3.8) is 0 Å². The molecule has 2 N–H and O–H groups in total. The molecule has 0 spiro atoms. The quantitative estimate of drug-likeness (QED) is 0.396. The molecule has 0 aliphatic carbocycles. The smallest absolute Gasteiger partial charge is 0.306 e. The van der Waals surface area contributed by atoms with Crippen molar-refractivity contribution in [2.75, 3.05) is 17.2 Å². The summed E-state index contributed by atoms with van der Waals surface area (Å²) in [7, 11) is 0. The first-order chi connectivity index (χ1) is 16.4. The Balaban J connectivity index is 1.33. The number of anilines is 2. The first-order valence-electron chi connectivity index (χ1n) is 11.0. The number of hydrogen-bond donors (Lipinski definition) is 2. The zero-order chi connectivity index (χ0) is 24.3. The van der Waals surface area contributed by atoms with Crippen LogP contribution >= 0.6 is 0 Å². The second-order valence-corrected chi connectivity index (χ2v) is 7.87. The second-order valence-electron chi connectivity index (χ2n) is 7.87. The molecule has 0 aromatic heterocycles. The average Bonchev–Trinajstić information content (AvgIpc) is 2.82. The van der Waals surface area contributed by atoms with Crippen LogP contribution in [0.4, 0.5) is 11.4 Å². The van der Waals surface area contributed by atoms with Crippen molar-refractivity contribution in [1.82, 2.24) is 0 Å². The van der Waals surface area contributed by atoms with E-state index in [2.05, 4.69) is 10.6 Å². The fourth-order valence-corrected chi connectivity index (χ4v) is 3.12. The summed E-state index contributed by atoms with van der Waals surface area (Å²) in [4.78, 5) is 36.1. The van der Waals surface area contributed by atoms with Crippen LogP contribution in [0.15, 0.2) is 72.8 Å². The number of ether oxygens (including phenoxy) is 2. The number of benzene rings is 3. The highest BCUT2D eigenvalue weighted by Gasteiger charge is 2.11. The Bertz CT molecular complexity index is 1130. The maximum atomic E-state index is 12.1. The first kappa shape index (κ1) is 24.5. The molecule has 0 bridgehead atoms. The predicted molar refractivity (Wildman–Crippen MR) is 131 cm³/mol. The van der Waals surface area contributed by atoms with Gasteiger partial charge in [0.15, 0.2) is 6.61 Å². The highest BCUT2D eigenvalue weighted by molar-refractivity contribution is 5.93. The number of hydrogen-bond acceptors (Lipinski definition) is 5. The lowest BCUT2D eigenvalue weighted by Gasteiger charge is -2.10. The van der Waals surface area contributed by atoms with Gasteiger partial charge >= 0.3 is 5.97 Å². The summed E-state index contributed by atoms with van der Waals surface area (Å²) in [6.07, 6.45) is 0.575. The zero-order valence-corrected chi connectivity index (χ0v) is 19.3. The van der Waals surface area contributed by atoms with Gasteiger partial charge < -0.3 is 20.1 Å². The van der Waals surface area contributed by atoms with Crippen LogP contribution in [0.25, 0.3) is 0 Å². The van der Waals surface area contributed by atoms with Crippen molar-refractivity contribution in [2.24, 2.45) is 0 Å². The highest BCUT2D eigenvalue weighted by atomic mass is 16.5. The van der Waals surface area contributed by atoms with Crippen LogP contribution in [0.5, 0.6) is 11.5 Å². The van der Waals surface area contributed by atoms with Crippen molar-refractivity contribution in [2.45, 2.75) is 33.1 Å². The predicted octanol–water partition coefficient (Wildman–Crippen LogP) is 5.39. The van der Waals surface area contributed by atoms with E-state index in [0.717, 1.165) is 16.8 Å². The Morgan fingerprint density at radius 2 is 1.47 bits per heavy atom. The zero-order valence-electron chi connectivity index (χ0n) is 19.3. The van der Waals surface area contributed by atoms with Gasteiger partial charge in [0.2, 0.25) is 5.91 Å². The number of amides is 2. The fraction of sp³-hybridized carbons (Fsp3) is 0.222. The van der Waals surface area contributed by atoms with Crippen LogP contribution < -0.4 is 15.4 Å². The molecular formula is C27H28N2O5. The van der Waals surface area contributed by atoms with Crippen LogP contribution in [-0.2, 0) is 19.1 Å². The molecule has 3 rings (SSSR count). The van der Waals surface area contributed by atoms with E-state index in [1.54, 1.807) is 24.3 Å². The van der Waals surface area contributed by atoms with Gasteiger partial charge in [-0.1, -0.05) is 30.3 Å². The number of rotatable bonds is 10. The molecule has 3 aromatic carbocycles. The minimum Gasteiger partial charge on any atom is -0.457 e. The Hall–Kier alpha value is -4.13. The molecule has 0 heterocycles. The molecule has 0 radical (unpaired) electrons. The van der Waals surface area contributed by atoms with Gasteiger partial charge in [0, 0.05) is 24.2 Å². The lowest BCUT2D eigenvalue weighted by molar-refractivity contribution is -0.147. The third-order valence-electron chi connectivity index (χ3n) is 4.93. The van der Waals surface area contributed by atoms with Crippen molar-refractivity contribution >= 4 is 29.2 Å². The van der Waals surface area contributed by atoms with Crippen LogP contribution in [0.1, 0.15) is 30.4 Å². The number of carbonyl (C=O) groups is 3. The lowest BCUT2D eigenvalue weighted by atomic mass is 10.1. The van der Waals surface area contributed by atoms with E-state index < -0.39 is 18.5 Å². The molecule has 34 heavy (non-hydrogen) atoms. The molecule has 0 fully saturated rings. The molecule has 7 nitrogen and oxygen atoms in total. The highest BCUT2D eigenvalue weighted by Crippen LogP contribution is 2.22. The Kier molecular flexibility index (Phi) is 8.80. The van der Waals surface area contributed by atoms with E-state index in [9.17, 15) is 14.4 Å². The van der Waals surface area contributed by atoms with E-state index in [4.69, 9.17) is 9.47 Å². The maximum absolute atomic E-state index is 12.1. The summed E-state index contributed by atoms with van der Waals surface area (Å²) >= 11 is 0. The Morgan fingerprint density at radius 3 is 2.21 bits per heavy atom. The summed E-state index contributed by atoms with van der Waals surface area (Å²) in [5.41, 5.74) is 3.36. The van der Waals surface area contributed by atoms with Crippen LogP contribution in [-0.4, -0.2) is 24.4 Å². The molecule has 176 valence electrons. The second kappa shape index (κ2) is 12.2. The Labute approximate surface area is 199 Å². The van der Waals surface area contributed by atoms with E-state index in [0.29, 0.717) is 23.6 Å². The molecule has 0 saturated heterocycles. The largest absolute Gasteiger partial charge is 0.457 e. The lowest BCUT2D eigenvalue weighted by Crippen LogP contribution is -2.21. The first-order valence-corrected chi connectivity index (χ1v) is 11.0. The summed E-state index contributed by atoms with van der Waals surface area (Å²) in [5.74, 6) is 0.212. The molecule has 3 aromatic rings. The third-order valence-corrected chi connectivity index (χ3v) is 4.93. The van der Waals surface area contributed by atoms with E-state index in [1.807, 2.05) is 62.4 Å². The molecule has 7 heteroatoms. The van der Waals surface area contributed by atoms with E-state index in [-0.39, 0.29) is 18.7 Å². The van der Waals surface area contributed by atoms with Crippen LogP contribution in [0, 0.1) is 13.8 Å². The van der Waals surface area contributed by atoms with E-state index in [1.165, 1.54) is 0 Å². The van der Waals surface area contributed by atoms with Crippen molar-refractivity contribution in [3.8, 4) is 11.5 Å². The van der Waals surface area contributed by atoms with Gasteiger partial charge in [-0.3, -0.25) is 14.4 Å². The molecule has 2 amide bonds. The standard InChI is InChI=1S/C27H28N2O5/c1-19-11-12-20(2)24(17-19)29-25(30)9-6-10-27(32)33-18-26(31)28-21-13-15-23(16-14-21)34-22-7-4-3-5-8-22/h3-5,7-8,11-17H,6,9-10,18H2,1-2H3,(H,28,31)(H,29,30). The molecule has 0 unspecified atom stereocenters. The maximum Gasteiger partial charge on any atom is 0.306 e. The normalized spacial score (nSPS) is 10.3. The van der Waals surface area contributed by atoms with Gasteiger partial charge in [-0.05, 0) is 73.9 Å². The van der Waals surface area contributed by atoms with Gasteiger partial charge in [-0.25, -0.2) is 0 Å². The van der Waals surface area contributed by atoms with Crippen molar-refractivity contribution in [1.29, 1.82) is 0 Å². The van der Waals surface area contributed by atoms with Crippen LogP contribution in [0.3, 0.4) is 0 Å². The summed E-state index contributed by atoms with van der Waals surface area (Å²) in [6, 6.07) is 22.1. The van der Waals surface area contributed by atoms with Crippen LogP contribution in [0.2, 0.25) is 0 Å². The topological polar surface area (TPSA) is 93.7 Å². The monoisotopic (exact) mass is 460 g/mol. The summed E-state index contributed by atoms with van der Waals surface area (Å²) in [5, 5.41) is 5.52. The van der Waals surface area contributed by atoms with E-state index >= 15 is 0 Å². The van der Waals surface area contributed by atoms with Gasteiger partial charge in [-0.15, -0.1) is 0 Å².